The molecule has 0 saturated carbocycles. The SMILES string of the molecule is COC(=O)C(C)NC(=O)c1ccc(S(=O)(=O)N2CCOCC2)cc1. The van der Waals surface area contributed by atoms with Crippen molar-refractivity contribution in [1.29, 1.82) is 0 Å². The zero-order chi connectivity index (χ0) is 17.7. The average Bonchev–Trinajstić information content (AvgIpc) is 2.61. The smallest absolute Gasteiger partial charge is 0.328 e. The minimum atomic E-state index is -3.60. The second-order valence-electron chi connectivity index (χ2n) is 5.26. The number of benzene rings is 1. The van der Waals surface area contributed by atoms with Gasteiger partial charge in [-0.05, 0) is 31.2 Å². The zero-order valence-electron chi connectivity index (χ0n) is 13.5. The number of rotatable bonds is 5. The highest BCUT2D eigenvalue weighted by atomic mass is 32.2. The van der Waals surface area contributed by atoms with Gasteiger partial charge < -0.3 is 14.8 Å². The summed E-state index contributed by atoms with van der Waals surface area (Å²) in [5.74, 6) is -1.04. The second kappa shape index (κ2) is 7.73. The summed E-state index contributed by atoms with van der Waals surface area (Å²) in [6.07, 6.45) is 0. The standard InChI is InChI=1S/C15H20N2O6S/c1-11(15(19)22-2)16-14(18)12-3-5-13(6-4-12)24(20,21)17-7-9-23-10-8-17/h3-6,11H,7-10H2,1-2H3,(H,16,18). The van der Waals surface area contributed by atoms with Crippen LogP contribution in [0.4, 0.5) is 0 Å². The normalized spacial score (nSPS) is 17.1. The van der Waals surface area contributed by atoms with Crippen LogP contribution in [0.25, 0.3) is 0 Å². The molecular formula is C15H20N2O6S. The maximum Gasteiger partial charge on any atom is 0.328 e. The highest BCUT2D eigenvalue weighted by Gasteiger charge is 2.26. The van der Waals surface area contributed by atoms with Crippen molar-refractivity contribution in [3.63, 3.8) is 0 Å². The maximum atomic E-state index is 12.5. The van der Waals surface area contributed by atoms with Crippen molar-refractivity contribution in [3.05, 3.63) is 29.8 Å². The number of carbonyl (C=O) groups excluding carboxylic acids is 2. The van der Waals surface area contributed by atoms with Crippen LogP contribution in [0.3, 0.4) is 0 Å². The van der Waals surface area contributed by atoms with Gasteiger partial charge in [-0.3, -0.25) is 4.79 Å². The number of morpholine rings is 1. The predicted octanol–water partition coefficient (Wildman–Crippen LogP) is -0.00120. The first kappa shape index (κ1) is 18.4. The third-order valence-electron chi connectivity index (χ3n) is 3.63. The van der Waals surface area contributed by atoms with E-state index >= 15 is 0 Å². The molecule has 0 aliphatic carbocycles. The van der Waals surface area contributed by atoms with Gasteiger partial charge in [-0.25, -0.2) is 13.2 Å². The number of nitrogens with zero attached hydrogens (tertiary/aromatic N) is 1. The summed E-state index contributed by atoms with van der Waals surface area (Å²) in [6.45, 7) is 2.85. The van der Waals surface area contributed by atoms with Crippen molar-refractivity contribution < 1.29 is 27.5 Å². The Bertz CT molecular complexity index is 695. The van der Waals surface area contributed by atoms with E-state index in [1.807, 2.05) is 0 Å². The summed E-state index contributed by atoms with van der Waals surface area (Å²) in [6, 6.07) is 4.78. The molecule has 0 bridgehead atoms. The molecule has 0 spiro atoms. The number of methoxy groups -OCH3 is 1. The van der Waals surface area contributed by atoms with Gasteiger partial charge in [0.25, 0.3) is 5.91 Å². The summed E-state index contributed by atoms with van der Waals surface area (Å²) in [7, 11) is -2.37. The lowest BCUT2D eigenvalue weighted by Crippen LogP contribution is -2.40. The number of nitrogens with one attached hydrogen (secondary N) is 1. The molecule has 1 saturated heterocycles. The summed E-state index contributed by atoms with van der Waals surface area (Å²) in [5.41, 5.74) is 0.256. The van der Waals surface area contributed by atoms with Gasteiger partial charge in [0, 0.05) is 18.7 Å². The van der Waals surface area contributed by atoms with Gasteiger partial charge in [0.1, 0.15) is 6.04 Å². The van der Waals surface area contributed by atoms with E-state index in [1.165, 1.54) is 42.6 Å². The molecule has 1 aliphatic rings. The number of sulfonamides is 1. The fraction of sp³-hybridized carbons (Fsp3) is 0.467. The molecule has 0 aromatic heterocycles. The van der Waals surface area contributed by atoms with Gasteiger partial charge in [-0.1, -0.05) is 0 Å². The highest BCUT2D eigenvalue weighted by Crippen LogP contribution is 2.17. The quantitative estimate of drug-likeness (QED) is 0.745. The lowest BCUT2D eigenvalue weighted by Gasteiger charge is -2.26. The third-order valence-corrected chi connectivity index (χ3v) is 5.54. The van der Waals surface area contributed by atoms with Crippen molar-refractivity contribution in [2.75, 3.05) is 33.4 Å². The van der Waals surface area contributed by atoms with Crippen LogP contribution < -0.4 is 5.32 Å². The van der Waals surface area contributed by atoms with E-state index in [1.54, 1.807) is 0 Å². The van der Waals surface area contributed by atoms with Gasteiger partial charge in [-0.2, -0.15) is 4.31 Å². The third kappa shape index (κ3) is 4.11. The summed E-state index contributed by atoms with van der Waals surface area (Å²) >= 11 is 0. The van der Waals surface area contributed by atoms with Crippen LogP contribution in [-0.4, -0.2) is 64.1 Å². The monoisotopic (exact) mass is 356 g/mol. The van der Waals surface area contributed by atoms with E-state index in [4.69, 9.17) is 4.74 Å². The van der Waals surface area contributed by atoms with Crippen LogP contribution in [0, 0.1) is 0 Å². The summed E-state index contributed by atoms with van der Waals surface area (Å²) < 4.78 is 36.0. The molecule has 1 N–H and O–H groups in total. The van der Waals surface area contributed by atoms with E-state index in [-0.39, 0.29) is 10.5 Å². The number of amides is 1. The van der Waals surface area contributed by atoms with Crippen molar-refractivity contribution in [1.82, 2.24) is 9.62 Å². The molecule has 0 radical (unpaired) electrons. The van der Waals surface area contributed by atoms with Crippen molar-refractivity contribution in [3.8, 4) is 0 Å². The number of hydrogen-bond donors (Lipinski definition) is 1. The maximum absolute atomic E-state index is 12.5. The van der Waals surface area contributed by atoms with Crippen LogP contribution in [0.5, 0.6) is 0 Å². The second-order valence-corrected chi connectivity index (χ2v) is 7.20. The molecule has 1 atom stereocenters. The topological polar surface area (TPSA) is 102 Å². The molecule has 132 valence electrons. The number of carbonyl (C=O) groups is 2. The van der Waals surface area contributed by atoms with E-state index in [2.05, 4.69) is 10.1 Å². The summed E-state index contributed by atoms with van der Waals surface area (Å²) in [5, 5.41) is 2.48. The molecule has 1 aromatic rings. The highest BCUT2D eigenvalue weighted by molar-refractivity contribution is 7.89. The fourth-order valence-corrected chi connectivity index (χ4v) is 3.64. The average molecular weight is 356 g/mol. The number of esters is 1. The van der Waals surface area contributed by atoms with E-state index in [0.29, 0.717) is 26.3 Å². The first-order valence-corrected chi connectivity index (χ1v) is 8.87. The zero-order valence-corrected chi connectivity index (χ0v) is 14.3. The Morgan fingerprint density at radius 1 is 1.21 bits per heavy atom. The van der Waals surface area contributed by atoms with Crippen LogP contribution >= 0.6 is 0 Å². The molecule has 1 heterocycles. The van der Waals surface area contributed by atoms with E-state index in [0.717, 1.165) is 0 Å². The Morgan fingerprint density at radius 2 is 1.79 bits per heavy atom. The lowest BCUT2D eigenvalue weighted by molar-refractivity contribution is -0.142. The van der Waals surface area contributed by atoms with Crippen molar-refractivity contribution >= 4 is 21.9 Å². The van der Waals surface area contributed by atoms with Gasteiger partial charge in [0.15, 0.2) is 0 Å². The summed E-state index contributed by atoms with van der Waals surface area (Å²) in [4.78, 5) is 23.5. The van der Waals surface area contributed by atoms with Gasteiger partial charge in [0.05, 0.1) is 25.2 Å². The fourth-order valence-electron chi connectivity index (χ4n) is 2.23. The molecule has 8 nitrogen and oxygen atoms in total. The van der Waals surface area contributed by atoms with Gasteiger partial charge in [0.2, 0.25) is 10.0 Å². The molecule has 24 heavy (non-hydrogen) atoms. The molecule has 1 amide bonds. The van der Waals surface area contributed by atoms with Crippen LogP contribution in [0.1, 0.15) is 17.3 Å². The van der Waals surface area contributed by atoms with Gasteiger partial charge in [-0.15, -0.1) is 0 Å². The van der Waals surface area contributed by atoms with Crippen LogP contribution in [0.15, 0.2) is 29.2 Å². The van der Waals surface area contributed by atoms with Crippen LogP contribution in [-0.2, 0) is 24.3 Å². The molecule has 2 rings (SSSR count). The number of hydrogen-bond acceptors (Lipinski definition) is 6. The molecule has 9 heteroatoms. The Hall–Kier alpha value is -1.97. The first-order chi connectivity index (χ1) is 11.4. The first-order valence-electron chi connectivity index (χ1n) is 7.43. The minimum absolute atomic E-state index is 0.113. The number of ether oxygens (including phenoxy) is 2. The molecule has 1 aromatic carbocycles. The Balaban J connectivity index is 2.09. The van der Waals surface area contributed by atoms with E-state index in [9.17, 15) is 18.0 Å². The Labute approximate surface area is 140 Å². The lowest BCUT2D eigenvalue weighted by atomic mass is 10.2. The van der Waals surface area contributed by atoms with E-state index < -0.39 is 27.9 Å². The molecule has 1 fully saturated rings. The Kier molecular flexibility index (Phi) is 5.92. The van der Waals surface area contributed by atoms with Gasteiger partial charge >= 0.3 is 5.97 Å². The van der Waals surface area contributed by atoms with Crippen LogP contribution in [0.2, 0.25) is 0 Å². The van der Waals surface area contributed by atoms with Crippen molar-refractivity contribution in [2.24, 2.45) is 0 Å². The molecule has 1 unspecified atom stereocenters. The molecular weight excluding hydrogens is 336 g/mol. The predicted molar refractivity (Wildman–Crippen MR) is 85.0 cm³/mol. The minimum Gasteiger partial charge on any atom is -0.467 e. The largest absolute Gasteiger partial charge is 0.467 e. The molecule has 1 aliphatic heterocycles. The van der Waals surface area contributed by atoms with Crippen molar-refractivity contribution in [2.45, 2.75) is 17.9 Å². The Morgan fingerprint density at radius 3 is 2.33 bits per heavy atom.